The lowest BCUT2D eigenvalue weighted by Gasteiger charge is -2.20. The van der Waals surface area contributed by atoms with E-state index >= 15 is 0 Å². The standard InChI is InChI=1S/C9H12I2Si/c1-12(2,3)9-7(10)5-4-6-8(9)11/h4-6H,1-3H3. The van der Waals surface area contributed by atoms with Gasteiger partial charge in [-0.3, -0.25) is 0 Å². The van der Waals surface area contributed by atoms with Crippen molar-refractivity contribution in [2.45, 2.75) is 19.6 Å². The van der Waals surface area contributed by atoms with Crippen LogP contribution in [0.1, 0.15) is 0 Å². The highest BCUT2D eigenvalue weighted by Crippen LogP contribution is 2.14. The molecule has 0 bridgehead atoms. The summed E-state index contributed by atoms with van der Waals surface area (Å²) in [6.07, 6.45) is 0. The molecule has 0 radical (unpaired) electrons. The minimum atomic E-state index is -1.14. The van der Waals surface area contributed by atoms with Gasteiger partial charge >= 0.3 is 0 Å². The Morgan fingerprint density at radius 3 is 1.67 bits per heavy atom. The highest BCUT2D eigenvalue weighted by atomic mass is 127. The maximum Gasteiger partial charge on any atom is 0.0803 e. The Morgan fingerprint density at radius 1 is 1.00 bits per heavy atom. The van der Waals surface area contributed by atoms with Crippen LogP contribution in [0, 0.1) is 7.14 Å². The van der Waals surface area contributed by atoms with Crippen LogP contribution in [0.2, 0.25) is 19.6 Å². The van der Waals surface area contributed by atoms with Crippen LogP contribution < -0.4 is 5.19 Å². The molecule has 1 aromatic carbocycles. The zero-order chi connectivity index (χ0) is 9.35. The van der Waals surface area contributed by atoms with Crippen LogP contribution in [0.5, 0.6) is 0 Å². The minimum absolute atomic E-state index is 1.14. The summed E-state index contributed by atoms with van der Waals surface area (Å²) in [7, 11) is -1.14. The van der Waals surface area contributed by atoms with Gasteiger partial charge in [-0.05, 0) is 62.5 Å². The number of hydrogen-bond acceptors (Lipinski definition) is 0. The van der Waals surface area contributed by atoms with E-state index in [9.17, 15) is 0 Å². The summed E-state index contributed by atoms with van der Waals surface area (Å²) in [5.74, 6) is 0. The highest BCUT2D eigenvalue weighted by Gasteiger charge is 2.21. The monoisotopic (exact) mass is 402 g/mol. The fraction of sp³-hybridized carbons (Fsp3) is 0.333. The Labute approximate surface area is 102 Å². The third kappa shape index (κ3) is 2.44. The van der Waals surface area contributed by atoms with Crippen molar-refractivity contribution in [3.63, 3.8) is 0 Å². The fourth-order valence-electron chi connectivity index (χ4n) is 1.21. The van der Waals surface area contributed by atoms with E-state index in [2.05, 4.69) is 83.0 Å². The van der Waals surface area contributed by atoms with Gasteiger partial charge in [0.25, 0.3) is 0 Å². The zero-order valence-corrected chi connectivity index (χ0v) is 12.8. The normalized spacial score (nSPS) is 11.8. The molecule has 0 fully saturated rings. The highest BCUT2D eigenvalue weighted by molar-refractivity contribution is 14.1. The first-order chi connectivity index (χ1) is 5.43. The van der Waals surface area contributed by atoms with Gasteiger partial charge in [0.1, 0.15) is 0 Å². The zero-order valence-electron chi connectivity index (χ0n) is 7.49. The molecular weight excluding hydrogens is 390 g/mol. The molecule has 0 aliphatic rings. The summed E-state index contributed by atoms with van der Waals surface area (Å²) in [5, 5.41) is 1.60. The Balaban J connectivity index is 3.31. The van der Waals surface area contributed by atoms with Crippen LogP contribution >= 0.6 is 45.2 Å². The fourth-order valence-corrected chi connectivity index (χ4v) is 9.18. The molecule has 3 heteroatoms. The summed E-state index contributed by atoms with van der Waals surface area (Å²) in [6.45, 7) is 7.19. The first-order valence-corrected chi connectivity index (χ1v) is 9.53. The maximum atomic E-state index is 2.44. The predicted molar refractivity (Wildman–Crippen MR) is 74.9 cm³/mol. The van der Waals surface area contributed by atoms with Crippen molar-refractivity contribution >= 4 is 58.4 Å². The molecule has 0 aliphatic heterocycles. The van der Waals surface area contributed by atoms with Gasteiger partial charge < -0.3 is 0 Å². The summed E-state index contributed by atoms with van der Waals surface area (Å²) < 4.78 is 2.86. The second kappa shape index (κ2) is 3.96. The number of hydrogen-bond donors (Lipinski definition) is 0. The van der Waals surface area contributed by atoms with E-state index in [1.165, 1.54) is 7.14 Å². The molecule has 66 valence electrons. The van der Waals surface area contributed by atoms with Gasteiger partial charge in [-0.2, -0.15) is 0 Å². The van der Waals surface area contributed by atoms with Gasteiger partial charge in [0.15, 0.2) is 0 Å². The Hall–Kier alpha value is 0.897. The van der Waals surface area contributed by atoms with E-state index in [1.54, 1.807) is 5.19 Å². The van der Waals surface area contributed by atoms with Crippen molar-refractivity contribution in [1.29, 1.82) is 0 Å². The van der Waals surface area contributed by atoms with Crippen LogP contribution in [-0.4, -0.2) is 8.07 Å². The van der Waals surface area contributed by atoms with Gasteiger partial charge in [0.05, 0.1) is 8.07 Å². The van der Waals surface area contributed by atoms with Crippen molar-refractivity contribution < 1.29 is 0 Å². The Bertz CT molecular complexity index is 269. The maximum absolute atomic E-state index is 2.44. The molecule has 0 heterocycles. The minimum Gasteiger partial charge on any atom is -0.0656 e. The molecule has 1 aromatic rings. The average Bonchev–Trinajstić information content (AvgIpc) is 1.82. The summed E-state index contributed by atoms with van der Waals surface area (Å²) >= 11 is 4.88. The molecule has 12 heavy (non-hydrogen) atoms. The second-order valence-corrected chi connectivity index (χ2v) is 11.2. The smallest absolute Gasteiger partial charge is 0.0656 e. The van der Waals surface area contributed by atoms with Gasteiger partial charge in [-0.15, -0.1) is 0 Å². The molecule has 0 amide bonds. The molecule has 0 nitrogen and oxygen atoms in total. The number of rotatable bonds is 1. The molecule has 0 aromatic heterocycles. The number of benzene rings is 1. The third-order valence-corrected chi connectivity index (χ3v) is 6.57. The molecule has 0 N–H and O–H groups in total. The van der Waals surface area contributed by atoms with E-state index in [1.807, 2.05) is 0 Å². The van der Waals surface area contributed by atoms with Crippen molar-refractivity contribution in [3.05, 3.63) is 25.3 Å². The predicted octanol–water partition coefficient (Wildman–Crippen LogP) is 3.44. The second-order valence-electron chi connectivity index (χ2n) is 3.85. The summed E-state index contributed by atoms with van der Waals surface area (Å²) in [6, 6.07) is 6.54. The molecule has 1 rings (SSSR count). The third-order valence-electron chi connectivity index (χ3n) is 1.71. The largest absolute Gasteiger partial charge is 0.0803 e. The van der Waals surface area contributed by atoms with E-state index in [0.29, 0.717) is 0 Å². The number of halogens is 2. The SMILES string of the molecule is C[Si](C)(C)c1c(I)cccc1I. The molecule has 0 saturated carbocycles. The average molecular weight is 402 g/mol. The molecule has 0 atom stereocenters. The van der Waals surface area contributed by atoms with Gasteiger partial charge in [0, 0.05) is 7.14 Å². The van der Waals surface area contributed by atoms with Gasteiger partial charge in [0.2, 0.25) is 0 Å². The molecular formula is C9H12I2Si. The van der Waals surface area contributed by atoms with E-state index in [0.717, 1.165) is 0 Å². The molecule has 0 spiro atoms. The van der Waals surface area contributed by atoms with E-state index < -0.39 is 8.07 Å². The van der Waals surface area contributed by atoms with E-state index in [-0.39, 0.29) is 0 Å². The Kier molecular flexibility index (Phi) is 3.62. The Morgan fingerprint density at radius 2 is 1.42 bits per heavy atom. The van der Waals surface area contributed by atoms with Crippen LogP contribution in [0.3, 0.4) is 0 Å². The lowest BCUT2D eigenvalue weighted by Crippen LogP contribution is -2.41. The van der Waals surface area contributed by atoms with Crippen LogP contribution in [0.25, 0.3) is 0 Å². The van der Waals surface area contributed by atoms with Crippen LogP contribution in [-0.2, 0) is 0 Å². The van der Waals surface area contributed by atoms with Gasteiger partial charge in [-0.25, -0.2) is 0 Å². The lowest BCUT2D eigenvalue weighted by atomic mass is 10.4. The van der Waals surface area contributed by atoms with Crippen molar-refractivity contribution in [2.75, 3.05) is 0 Å². The molecule has 0 aliphatic carbocycles. The molecule has 0 unspecified atom stereocenters. The topological polar surface area (TPSA) is 0 Å². The summed E-state index contributed by atoms with van der Waals surface area (Å²) in [5.41, 5.74) is 0. The van der Waals surface area contributed by atoms with Crippen molar-refractivity contribution in [1.82, 2.24) is 0 Å². The summed E-state index contributed by atoms with van der Waals surface area (Å²) in [4.78, 5) is 0. The van der Waals surface area contributed by atoms with E-state index in [4.69, 9.17) is 0 Å². The van der Waals surface area contributed by atoms with Crippen LogP contribution in [0.15, 0.2) is 18.2 Å². The van der Waals surface area contributed by atoms with Crippen molar-refractivity contribution in [3.8, 4) is 0 Å². The molecule has 0 saturated heterocycles. The first kappa shape index (κ1) is 11.0. The van der Waals surface area contributed by atoms with Crippen LogP contribution in [0.4, 0.5) is 0 Å². The lowest BCUT2D eigenvalue weighted by molar-refractivity contribution is 1.59. The van der Waals surface area contributed by atoms with Crippen molar-refractivity contribution in [2.24, 2.45) is 0 Å². The van der Waals surface area contributed by atoms with Gasteiger partial charge in [-0.1, -0.05) is 25.7 Å². The quantitative estimate of drug-likeness (QED) is 0.499. The first-order valence-electron chi connectivity index (χ1n) is 3.87.